The summed E-state index contributed by atoms with van der Waals surface area (Å²) in [5, 5.41) is 8.93. The van der Waals surface area contributed by atoms with Crippen LogP contribution in [0.2, 0.25) is 0 Å². The Kier molecular flexibility index (Phi) is 5.77. The Hall–Kier alpha value is -0.920. The maximum atomic E-state index is 12.0. The molecule has 1 atom stereocenters. The highest BCUT2D eigenvalue weighted by Crippen LogP contribution is 2.13. The topological polar surface area (TPSA) is 86.7 Å². The average molecular weight is 276 g/mol. The van der Waals surface area contributed by atoms with Gasteiger partial charge in [-0.15, -0.1) is 6.58 Å². The van der Waals surface area contributed by atoms with Gasteiger partial charge in [-0.05, 0) is 19.3 Å². The highest BCUT2D eigenvalue weighted by molar-refractivity contribution is 7.87. The molecule has 1 saturated heterocycles. The van der Waals surface area contributed by atoms with Crippen molar-refractivity contribution in [2.45, 2.75) is 38.1 Å². The van der Waals surface area contributed by atoms with Gasteiger partial charge in [0.05, 0.1) is 0 Å². The van der Waals surface area contributed by atoms with Gasteiger partial charge >= 0.3 is 5.97 Å². The van der Waals surface area contributed by atoms with E-state index in [0.29, 0.717) is 13.1 Å². The zero-order chi connectivity index (χ0) is 13.6. The van der Waals surface area contributed by atoms with Gasteiger partial charge in [0.15, 0.2) is 0 Å². The van der Waals surface area contributed by atoms with Gasteiger partial charge in [0, 0.05) is 13.1 Å². The molecule has 1 aliphatic heterocycles. The first-order valence-electron chi connectivity index (χ1n) is 6.08. The Morgan fingerprint density at radius 3 is 2.33 bits per heavy atom. The number of nitrogens with zero attached hydrogens (tertiary/aromatic N) is 1. The molecule has 0 bridgehead atoms. The first kappa shape index (κ1) is 15.1. The van der Waals surface area contributed by atoms with Crippen molar-refractivity contribution in [1.29, 1.82) is 0 Å². The molecule has 18 heavy (non-hydrogen) atoms. The van der Waals surface area contributed by atoms with E-state index < -0.39 is 22.2 Å². The quantitative estimate of drug-likeness (QED) is 0.700. The number of rotatable bonds is 6. The molecule has 0 aromatic rings. The summed E-state index contributed by atoms with van der Waals surface area (Å²) in [6.45, 7) is 4.34. The molecule has 1 unspecified atom stereocenters. The summed E-state index contributed by atoms with van der Waals surface area (Å²) in [7, 11) is -3.72. The van der Waals surface area contributed by atoms with Gasteiger partial charge in [-0.2, -0.15) is 17.4 Å². The molecule has 6 nitrogen and oxygen atoms in total. The summed E-state index contributed by atoms with van der Waals surface area (Å²) >= 11 is 0. The summed E-state index contributed by atoms with van der Waals surface area (Å²) in [6.07, 6.45) is 5.13. The molecule has 7 heteroatoms. The lowest BCUT2D eigenvalue weighted by Crippen LogP contribution is -2.48. The van der Waals surface area contributed by atoms with Gasteiger partial charge in [0.2, 0.25) is 0 Å². The fourth-order valence-electron chi connectivity index (χ4n) is 1.90. The molecular formula is C11H20N2O4S. The van der Waals surface area contributed by atoms with Crippen LogP contribution in [-0.4, -0.2) is 42.9 Å². The molecule has 0 aromatic carbocycles. The van der Waals surface area contributed by atoms with E-state index in [-0.39, 0.29) is 6.42 Å². The van der Waals surface area contributed by atoms with E-state index in [2.05, 4.69) is 11.3 Å². The normalized spacial score (nSPS) is 20.0. The standard InChI is InChI=1S/C11H20N2O4S/c1-2-7-10(11(14)15)12-18(16,17)13-8-5-3-4-6-9-13/h2,10,12H,1,3-9H2,(H,14,15). The minimum absolute atomic E-state index is 0.0718. The predicted molar refractivity (Wildman–Crippen MR) is 68.3 cm³/mol. The van der Waals surface area contributed by atoms with Crippen molar-refractivity contribution < 1.29 is 18.3 Å². The van der Waals surface area contributed by atoms with Crippen molar-refractivity contribution >= 4 is 16.2 Å². The van der Waals surface area contributed by atoms with Crippen molar-refractivity contribution in [2.75, 3.05) is 13.1 Å². The molecule has 0 saturated carbocycles. The van der Waals surface area contributed by atoms with Gasteiger partial charge in [0.25, 0.3) is 10.2 Å². The number of aliphatic carboxylic acids is 1. The minimum atomic E-state index is -3.72. The molecule has 1 fully saturated rings. The Morgan fingerprint density at radius 2 is 1.89 bits per heavy atom. The molecule has 0 aromatic heterocycles. The lowest BCUT2D eigenvalue weighted by atomic mass is 10.2. The van der Waals surface area contributed by atoms with Crippen LogP contribution in [0.1, 0.15) is 32.1 Å². The van der Waals surface area contributed by atoms with Crippen LogP contribution >= 0.6 is 0 Å². The van der Waals surface area contributed by atoms with E-state index in [9.17, 15) is 13.2 Å². The van der Waals surface area contributed by atoms with Crippen LogP contribution in [0, 0.1) is 0 Å². The smallest absolute Gasteiger partial charge is 0.322 e. The lowest BCUT2D eigenvalue weighted by Gasteiger charge is -2.22. The van der Waals surface area contributed by atoms with Gasteiger partial charge in [0.1, 0.15) is 6.04 Å². The second kappa shape index (κ2) is 6.86. The van der Waals surface area contributed by atoms with Crippen molar-refractivity contribution in [3.63, 3.8) is 0 Å². The maximum absolute atomic E-state index is 12.0. The number of carboxylic acid groups (broad SMARTS) is 1. The fraction of sp³-hybridized carbons (Fsp3) is 0.727. The molecule has 104 valence electrons. The van der Waals surface area contributed by atoms with Crippen LogP contribution in [-0.2, 0) is 15.0 Å². The van der Waals surface area contributed by atoms with Gasteiger partial charge in [-0.25, -0.2) is 0 Å². The Morgan fingerprint density at radius 1 is 1.33 bits per heavy atom. The van der Waals surface area contributed by atoms with Gasteiger partial charge in [-0.1, -0.05) is 18.9 Å². The summed E-state index contributed by atoms with van der Waals surface area (Å²) in [6, 6.07) is -1.14. The highest BCUT2D eigenvalue weighted by atomic mass is 32.2. The van der Waals surface area contributed by atoms with Crippen molar-refractivity contribution in [3.8, 4) is 0 Å². The van der Waals surface area contributed by atoms with Gasteiger partial charge < -0.3 is 5.11 Å². The summed E-state index contributed by atoms with van der Waals surface area (Å²) in [4.78, 5) is 10.9. The number of hydrogen-bond donors (Lipinski definition) is 2. The van der Waals surface area contributed by atoms with Crippen LogP contribution < -0.4 is 4.72 Å². The Labute approximate surface area is 108 Å². The van der Waals surface area contributed by atoms with E-state index >= 15 is 0 Å². The average Bonchev–Trinajstić information content (AvgIpc) is 2.57. The molecule has 2 N–H and O–H groups in total. The number of carboxylic acids is 1. The minimum Gasteiger partial charge on any atom is -0.480 e. The number of nitrogens with one attached hydrogen (secondary N) is 1. The molecule has 0 spiro atoms. The zero-order valence-corrected chi connectivity index (χ0v) is 11.2. The van der Waals surface area contributed by atoms with Gasteiger partial charge in [-0.3, -0.25) is 4.79 Å². The maximum Gasteiger partial charge on any atom is 0.322 e. The Balaban J connectivity index is 2.71. The predicted octanol–water partition coefficient (Wildman–Crippen LogP) is 0.726. The van der Waals surface area contributed by atoms with E-state index in [1.807, 2.05) is 0 Å². The molecule has 0 radical (unpaired) electrons. The second-order valence-electron chi connectivity index (χ2n) is 4.35. The van der Waals surface area contributed by atoms with Crippen LogP contribution in [0.5, 0.6) is 0 Å². The monoisotopic (exact) mass is 276 g/mol. The van der Waals surface area contributed by atoms with Crippen molar-refractivity contribution in [2.24, 2.45) is 0 Å². The third-order valence-corrected chi connectivity index (χ3v) is 4.52. The van der Waals surface area contributed by atoms with E-state index in [0.717, 1.165) is 25.7 Å². The first-order valence-corrected chi connectivity index (χ1v) is 7.52. The summed E-state index contributed by atoms with van der Waals surface area (Å²) in [5.74, 6) is -1.19. The molecule has 1 aliphatic rings. The third-order valence-electron chi connectivity index (χ3n) is 2.90. The largest absolute Gasteiger partial charge is 0.480 e. The third kappa shape index (κ3) is 4.40. The highest BCUT2D eigenvalue weighted by Gasteiger charge is 2.28. The van der Waals surface area contributed by atoms with Crippen molar-refractivity contribution in [1.82, 2.24) is 9.03 Å². The molecule has 0 amide bonds. The number of carbonyl (C=O) groups is 1. The second-order valence-corrected chi connectivity index (χ2v) is 6.05. The van der Waals surface area contributed by atoms with Crippen molar-refractivity contribution in [3.05, 3.63) is 12.7 Å². The lowest BCUT2D eigenvalue weighted by molar-refractivity contribution is -0.138. The molecule has 0 aliphatic carbocycles. The number of hydrogen-bond acceptors (Lipinski definition) is 3. The summed E-state index contributed by atoms with van der Waals surface area (Å²) in [5.41, 5.74) is 0. The van der Waals surface area contributed by atoms with E-state index in [4.69, 9.17) is 5.11 Å². The van der Waals surface area contributed by atoms with Crippen LogP contribution in [0.25, 0.3) is 0 Å². The van der Waals surface area contributed by atoms with Crippen LogP contribution in [0.15, 0.2) is 12.7 Å². The summed E-state index contributed by atoms with van der Waals surface area (Å²) < 4.78 is 27.6. The fourth-order valence-corrected chi connectivity index (χ4v) is 3.35. The molecular weight excluding hydrogens is 256 g/mol. The van der Waals surface area contributed by atoms with E-state index in [1.54, 1.807) is 0 Å². The van der Waals surface area contributed by atoms with Crippen LogP contribution in [0.3, 0.4) is 0 Å². The molecule has 1 rings (SSSR count). The van der Waals surface area contributed by atoms with Crippen LogP contribution in [0.4, 0.5) is 0 Å². The first-order chi connectivity index (χ1) is 8.47. The zero-order valence-electron chi connectivity index (χ0n) is 10.3. The SMILES string of the molecule is C=CCC(NS(=O)(=O)N1CCCCCC1)C(=O)O. The Bertz CT molecular complexity index is 386. The van der Waals surface area contributed by atoms with E-state index in [1.165, 1.54) is 10.4 Å². The molecule has 1 heterocycles.